The van der Waals surface area contributed by atoms with E-state index < -0.39 is 11.8 Å². The number of methoxy groups -OCH3 is 1. The van der Waals surface area contributed by atoms with Gasteiger partial charge in [-0.05, 0) is 30.5 Å². The van der Waals surface area contributed by atoms with E-state index in [1.807, 2.05) is 37.3 Å². The van der Waals surface area contributed by atoms with Crippen molar-refractivity contribution in [2.45, 2.75) is 13.3 Å². The van der Waals surface area contributed by atoms with Crippen molar-refractivity contribution < 1.29 is 14.3 Å². The number of hydrogen-bond acceptors (Lipinski definition) is 4. The summed E-state index contributed by atoms with van der Waals surface area (Å²) < 4.78 is 5.30. The quantitative estimate of drug-likeness (QED) is 0.735. The lowest BCUT2D eigenvalue weighted by Gasteiger charge is -2.16. The third kappa shape index (κ3) is 3.94. The van der Waals surface area contributed by atoms with E-state index in [9.17, 15) is 9.59 Å². The summed E-state index contributed by atoms with van der Waals surface area (Å²) in [6.07, 6.45) is 0.555. The van der Waals surface area contributed by atoms with Crippen LogP contribution in [0.4, 0.5) is 5.69 Å². The summed E-state index contributed by atoms with van der Waals surface area (Å²) in [7, 11) is 1.50. The van der Waals surface area contributed by atoms with Crippen LogP contribution in [0.1, 0.15) is 11.1 Å². The lowest BCUT2D eigenvalue weighted by Crippen LogP contribution is -2.34. The number of imide groups is 1. The normalized spacial score (nSPS) is 14.1. The van der Waals surface area contributed by atoms with Crippen LogP contribution < -0.4 is 10.1 Å². The van der Waals surface area contributed by atoms with Crippen LogP contribution >= 0.6 is 23.2 Å². The number of rotatable bonds is 6. The molecule has 1 aliphatic heterocycles. The smallest absolute Gasteiger partial charge is 0.278 e. The Morgan fingerprint density at radius 1 is 1.07 bits per heavy atom. The van der Waals surface area contributed by atoms with Gasteiger partial charge in [0.1, 0.15) is 16.5 Å². The van der Waals surface area contributed by atoms with E-state index >= 15 is 0 Å². The van der Waals surface area contributed by atoms with Crippen LogP contribution in [0.2, 0.25) is 5.02 Å². The van der Waals surface area contributed by atoms with Gasteiger partial charge >= 0.3 is 0 Å². The number of carbonyl (C=O) groups is 2. The molecular formula is C20H18Cl2N2O3. The minimum absolute atomic E-state index is 0.0368. The highest BCUT2D eigenvalue weighted by molar-refractivity contribution is 6.48. The van der Waals surface area contributed by atoms with Crippen molar-refractivity contribution in [3.8, 4) is 5.75 Å². The third-order valence-electron chi connectivity index (χ3n) is 4.32. The average Bonchev–Trinajstić information content (AvgIpc) is 2.87. The monoisotopic (exact) mass is 404 g/mol. The molecule has 1 aliphatic rings. The Hall–Kier alpha value is -2.50. The minimum atomic E-state index is -0.509. The molecule has 0 aromatic heterocycles. The lowest BCUT2D eigenvalue weighted by atomic mass is 10.1. The zero-order valence-corrected chi connectivity index (χ0v) is 16.4. The standard InChI is InChI=1S/C20H18Cl2N2O3/c1-12-10-15(16(27-2)11-14(12)21)23-18-17(22)19(25)24(20(18)26)9-8-13-6-4-3-5-7-13/h3-7,10-11,23H,8-9H2,1-2H3. The Labute approximate surface area is 167 Å². The fourth-order valence-electron chi connectivity index (χ4n) is 2.81. The molecule has 1 heterocycles. The van der Waals surface area contributed by atoms with E-state index in [0.717, 1.165) is 16.0 Å². The van der Waals surface area contributed by atoms with Crippen molar-refractivity contribution in [2.75, 3.05) is 19.0 Å². The number of benzene rings is 2. The first-order valence-electron chi connectivity index (χ1n) is 8.33. The largest absolute Gasteiger partial charge is 0.495 e. The van der Waals surface area contributed by atoms with Crippen LogP contribution in [0.25, 0.3) is 0 Å². The van der Waals surface area contributed by atoms with Crippen LogP contribution in [-0.4, -0.2) is 30.4 Å². The molecule has 3 rings (SSSR count). The van der Waals surface area contributed by atoms with Gasteiger partial charge in [-0.15, -0.1) is 0 Å². The van der Waals surface area contributed by atoms with Gasteiger partial charge in [-0.25, -0.2) is 0 Å². The summed E-state index contributed by atoms with van der Waals surface area (Å²) >= 11 is 12.3. The molecular weight excluding hydrogens is 387 g/mol. The van der Waals surface area contributed by atoms with E-state index in [4.69, 9.17) is 27.9 Å². The molecule has 0 spiro atoms. The van der Waals surface area contributed by atoms with E-state index in [-0.39, 0.29) is 17.3 Å². The molecule has 0 bridgehead atoms. The van der Waals surface area contributed by atoms with Crippen LogP contribution in [0.3, 0.4) is 0 Å². The number of amides is 2. The number of nitrogens with one attached hydrogen (secondary N) is 1. The molecule has 0 saturated carbocycles. The molecule has 7 heteroatoms. The second kappa shape index (κ2) is 8.03. The first kappa shape index (κ1) is 19.3. The van der Waals surface area contributed by atoms with Crippen molar-refractivity contribution in [3.05, 3.63) is 69.3 Å². The van der Waals surface area contributed by atoms with Gasteiger partial charge in [0.2, 0.25) is 0 Å². The predicted molar refractivity (Wildman–Crippen MR) is 106 cm³/mol. The Morgan fingerprint density at radius 2 is 1.78 bits per heavy atom. The number of hydrogen-bond donors (Lipinski definition) is 1. The molecule has 1 N–H and O–H groups in total. The Kier molecular flexibility index (Phi) is 5.73. The molecule has 2 amide bonds. The number of nitrogens with zero attached hydrogens (tertiary/aromatic N) is 1. The maximum Gasteiger partial charge on any atom is 0.278 e. The van der Waals surface area contributed by atoms with Crippen molar-refractivity contribution in [1.29, 1.82) is 0 Å². The predicted octanol–water partition coefficient (Wildman–Crippen LogP) is 4.13. The molecule has 27 heavy (non-hydrogen) atoms. The lowest BCUT2D eigenvalue weighted by molar-refractivity contribution is -0.137. The summed E-state index contributed by atoms with van der Waals surface area (Å²) in [5.74, 6) is -0.522. The number of ether oxygens (including phenoxy) is 1. The summed E-state index contributed by atoms with van der Waals surface area (Å²) in [6.45, 7) is 2.08. The zero-order valence-electron chi connectivity index (χ0n) is 14.9. The fourth-order valence-corrected chi connectivity index (χ4v) is 3.19. The maximum atomic E-state index is 12.7. The maximum absolute atomic E-state index is 12.7. The van der Waals surface area contributed by atoms with E-state index in [1.165, 1.54) is 7.11 Å². The third-order valence-corrected chi connectivity index (χ3v) is 5.08. The number of anilines is 1. The van der Waals surface area contributed by atoms with Crippen molar-refractivity contribution in [2.24, 2.45) is 0 Å². The molecule has 0 atom stereocenters. The van der Waals surface area contributed by atoms with Crippen LogP contribution in [-0.2, 0) is 16.0 Å². The van der Waals surface area contributed by atoms with Gasteiger partial charge in [0.25, 0.3) is 11.8 Å². The zero-order chi connectivity index (χ0) is 19.6. The van der Waals surface area contributed by atoms with Crippen LogP contribution in [0, 0.1) is 6.92 Å². The summed E-state index contributed by atoms with van der Waals surface area (Å²) in [6, 6.07) is 13.0. The second-order valence-corrected chi connectivity index (χ2v) is 6.90. The summed E-state index contributed by atoms with van der Waals surface area (Å²) in [5, 5.41) is 3.34. The molecule has 2 aromatic carbocycles. The molecule has 140 valence electrons. The van der Waals surface area contributed by atoms with E-state index in [0.29, 0.717) is 22.9 Å². The molecule has 0 fully saturated rings. The van der Waals surface area contributed by atoms with Gasteiger partial charge in [-0.2, -0.15) is 0 Å². The van der Waals surface area contributed by atoms with Crippen LogP contribution in [0.15, 0.2) is 53.2 Å². The molecule has 0 unspecified atom stereocenters. The Balaban J connectivity index is 1.79. The molecule has 5 nitrogen and oxygen atoms in total. The van der Waals surface area contributed by atoms with Crippen molar-refractivity contribution >= 4 is 40.7 Å². The van der Waals surface area contributed by atoms with Gasteiger partial charge in [-0.1, -0.05) is 53.5 Å². The fraction of sp³-hybridized carbons (Fsp3) is 0.200. The first-order valence-corrected chi connectivity index (χ1v) is 9.09. The Morgan fingerprint density at radius 3 is 2.44 bits per heavy atom. The number of carbonyl (C=O) groups excluding carboxylic acids is 2. The van der Waals surface area contributed by atoms with Crippen molar-refractivity contribution in [1.82, 2.24) is 4.90 Å². The van der Waals surface area contributed by atoms with Gasteiger partial charge in [0.15, 0.2) is 0 Å². The second-order valence-electron chi connectivity index (χ2n) is 6.11. The molecule has 0 radical (unpaired) electrons. The summed E-state index contributed by atoms with van der Waals surface area (Å²) in [4.78, 5) is 26.3. The first-order chi connectivity index (χ1) is 12.9. The highest BCUT2D eigenvalue weighted by atomic mass is 35.5. The van der Waals surface area contributed by atoms with E-state index in [1.54, 1.807) is 12.1 Å². The molecule has 2 aromatic rings. The highest BCUT2D eigenvalue weighted by Gasteiger charge is 2.37. The van der Waals surface area contributed by atoms with Gasteiger partial charge in [0, 0.05) is 17.6 Å². The topological polar surface area (TPSA) is 58.6 Å². The molecule has 0 saturated heterocycles. The van der Waals surface area contributed by atoms with E-state index in [2.05, 4.69) is 5.32 Å². The Bertz CT molecular complexity index is 926. The highest BCUT2D eigenvalue weighted by Crippen LogP contribution is 2.34. The number of aryl methyl sites for hydroxylation is 1. The van der Waals surface area contributed by atoms with Crippen molar-refractivity contribution in [3.63, 3.8) is 0 Å². The molecule has 0 aliphatic carbocycles. The van der Waals surface area contributed by atoms with Crippen LogP contribution in [0.5, 0.6) is 5.75 Å². The van der Waals surface area contributed by atoms with Gasteiger partial charge in [0.05, 0.1) is 12.8 Å². The van der Waals surface area contributed by atoms with Gasteiger partial charge in [-0.3, -0.25) is 14.5 Å². The SMILES string of the molecule is COc1cc(Cl)c(C)cc1NC1=C(Cl)C(=O)N(CCc2ccccc2)C1=O. The summed E-state index contributed by atoms with van der Waals surface area (Å²) in [5.41, 5.74) is 2.38. The number of halogens is 2. The van der Waals surface area contributed by atoms with Gasteiger partial charge < -0.3 is 10.1 Å². The average molecular weight is 405 g/mol. The minimum Gasteiger partial charge on any atom is -0.495 e.